The molecule has 0 fully saturated rings. The Hall–Kier alpha value is -3.87. The third kappa shape index (κ3) is 7.25. The first-order valence-electron chi connectivity index (χ1n) is 14.0. The minimum atomic E-state index is -2.28. The van der Waals surface area contributed by atoms with E-state index in [9.17, 15) is 12.8 Å². The average Bonchev–Trinajstić information content (AvgIpc) is 3.46. The highest BCUT2D eigenvalue weighted by molar-refractivity contribution is 9.10. The quantitative estimate of drug-likeness (QED) is 0.124. The molecule has 44 heavy (non-hydrogen) atoms. The van der Waals surface area contributed by atoms with Gasteiger partial charge in [0.15, 0.2) is 0 Å². The van der Waals surface area contributed by atoms with Gasteiger partial charge in [-0.1, -0.05) is 26.0 Å². The minimum Gasteiger partial charge on any atom is -0.490 e. The van der Waals surface area contributed by atoms with Gasteiger partial charge in [-0.05, 0) is 76.4 Å². The number of fused-ring (bicyclic) bond motifs is 1. The highest BCUT2D eigenvalue weighted by atomic mass is 79.9. The standard InChI is InChI=1S/C32H31BrF2N4O4S/c1-20(2)30(44(40)41)17-36-11-10-32(9-4-12-43-32)25-15-24-28(16-27(25)35)37-19-38-31(24)39-23-7-8-29(26(33)14-23)42-18-21-5-3-6-22(34)13-21/h3-8,12-16,19-20,36H,9-11,17-18H2,1-2H3,(H,37,38,39). The van der Waals surface area contributed by atoms with Crippen molar-refractivity contribution in [2.75, 3.05) is 18.4 Å². The zero-order valence-electron chi connectivity index (χ0n) is 24.1. The molecule has 0 spiro atoms. The lowest BCUT2D eigenvalue weighted by Crippen LogP contribution is -2.34. The predicted molar refractivity (Wildman–Crippen MR) is 170 cm³/mol. The van der Waals surface area contributed by atoms with Crippen molar-refractivity contribution in [3.63, 3.8) is 0 Å². The summed E-state index contributed by atoms with van der Waals surface area (Å²) in [5.41, 5.74) is 1.22. The Morgan fingerprint density at radius 3 is 2.68 bits per heavy atom. The molecule has 12 heteroatoms. The zero-order valence-corrected chi connectivity index (χ0v) is 26.5. The minimum absolute atomic E-state index is 0.118. The first kappa shape index (κ1) is 31.6. The van der Waals surface area contributed by atoms with E-state index < -0.39 is 21.7 Å². The molecule has 1 aromatic heterocycles. The molecule has 0 bridgehead atoms. The van der Waals surface area contributed by atoms with Crippen molar-refractivity contribution in [1.29, 1.82) is 0 Å². The second kappa shape index (κ2) is 13.8. The van der Waals surface area contributed by atoms with Gasteiger partial charge in [0, 0.05) is 42.1 Å². The molecule has 0 saturated carbocycles. The maximum absolute atomic E-state index is 15.6. The maximum Gasteiger partial charge on any atom is 0.214 e. The van der Waals surface area contributed by atoms with Gasteiger partial charge in [0.25, 0.3) is 0 Å². The van der Waals surface area contributed by atoms with E-state index in [2.05, 4.69) is 36.5 Å². The molecule has 5 rings (SSSR count). The van der Waals surface area contributed by atoms with Gasteiger partial charge in [-0.25, -0.2) is 18.7 Å². The second-order valence-electron chi connectivity index (χ2n) is 10.7. The van der Waals surface area contributed by atoms with Crippen molar-refractivity contribution in [1.82, 2.24) is 15.3 Å². The third-order valence-corrected chi connectivity index (χ3v) is 9.06. The fourth-order valence-corrected chi connectivity index (χ4v) is 6.14. The van der Waals surface area contributed by atoms with Crippen LogP contribution < -0.4 is 15.4 Å². The summed E-state index contributed by atoms with van der Waals surface area (Å²) in [5, 5.41) is 7.07. The van der Waals surface area contributed by atoms with Crippen molar-refractivity contribution in [3.05, 3.63) is 100 Å². The highest BCUT2D eigenvalue weighted by Gasteiger charge is 2.38. The summed E-state index contributed by atoms with van der Waals surface area (Å²) in [7, 11) is -2.28. The van der Waals surface area contributed by atoms with Crippen molar-refractivity contribution in [3.8, 4) is 5.75 Å². The Morgan fingerprint density at radius 2 is 1.98 bits per heavy atom. The Labute approximate surface area is 264 Å². The molecule has 4 aromatic rings. The van der Waals surface area contributed by atoms with Crippen molar-refractivity contribution in [2.24, 2.45) is 5.92 Å². The summed E-state index contributed by atoms with van der Waals surface area (Å²) in [6, 6.07) is 14.7. The molecule has 8 nitrogen and oxygen atoms in total. The van der Waals surface area contributed by atoms with Gasteiger partial charge in [-0.3, -0.25) is 0 Å². The van der Waals surface area contributed by atoms with Gasteiger partial charge in [0.1, 0.15) is 41.7 Å². The summed E-state index contributed by atoms with van der Waals surface area (Å²) in [6.45, 7) is 4.48. The van der Waals surface area contributed by atoms with Gasteiger partial charge in [-0.2, -0.15) is 8.42 Å². The number of anilines is 2. The number of nitrogens with one attached hydrogen (secondary N) is 2. The average molecular weight is 686 g/mol. The fraction of sp³-hybridized carbons (Fsp3) is 0.281. The Bertz CT molecular complexity index is 1830. The lowest BCUT2D eigenvalue weighted by Gasteiger charge is -2.30. The number of benzene rings is 3. The molecule has 230 valence electrons. The van der Waals surface area contributed by atoms with Crippen LogP contribution >= 0.6 is 15.9 Å². The number of hydrogen-bond donors (Lipinski definition) is 2. The summed E-state index contributed by atoms with van der Waals surface area (Å²) in [4.78, 5) is 9.09. The third-order valence-electron chi connectivity index (χ3n) is 7.39. The van der Waals surface area contributed by atoms with E-state index >= 15 is 4.39 Å². The number of nitrogens with zero attached hydrogens (tertiary/aromatic N) is 2. The van der Waals surface area contributed by atoms with Crippen LogP contribution in [0.25, 0.3) is 10.9 Å². The smallest absolute Gasteiger partial charge is 0.214 e. The first-order valence-corrected chi connectivity index (χ1v) is 15.9. The first-order chi connectivity index (χ1) is 21.1. The molecule has 2 heterocycles. The van der Waals surface area contributed by atoms with Crippen LogP contribution in [-0.4, -0.2) is 36.3 Å². The number of halogens is 3. The largest absolute Gasteiger partial charge is 0.490 e. The number of rotatable bonds is 12. The van der Waals surface area contributed by atoms with Gasteiger partial charge in [-0.15, -0.1) is 0 Å². The molecular formula is C32H31BrF2N4O4S. The van der Waals surface area contributed by atoms with Gasteiger partial charge < -0.3 is 20.1 Å². The molecule has 1 atom stereocenters. The highest BCUT2D eigenvalue weighted by Crippen LogP contribution is 2.41. The number of hydrogen-bond acceptors (Lipinski definition) is 8. The molecule has 0 aliphatic carbocycles. The van der Waals surface area contributed by atoms with Gasteiger partial charge in [0.2, 0.25) is 10.3 Å². The molecular weight excluding hydrogens is 654 g/mol. The van der Waals surface area contributed by atoms with Crippen molar-refractivity contribution >= 4 is 53.5 Å². The second-order valence-corrected chi connectivity index (χ2v) is 12.6. The van der Waals surface area contributed by atoms with Crippen LogP contribution in [0.1, 0.15) is 37.8 Å². The predicted octanol–water partition coefficient (Wildman–Crippen LogP) is 6.81. The molecule has 0 radical (unpaired) electrons. The summed E-state index contributed by atoms with van der Waals surface area (Å²) < 4.78 is 64.7. The van der Waals surface area contributed by atoms with E-state index in [1.54, 1.807) is 30.5 Å². The SMILES string of the molecule is CC(C)C(CNCCC1(c2cc3c(Nc4ccc(OCc5cccc(F)c5)c(Br)c4)ncnc3cc2F)CC=CO1)=S(=O)=O. The van der Waals surface area contributed by atoms with E-state index in [0.29, 0.717) is 68.0 Å². The fourth-order valence-electron chi connectivity index (χ4n) is 5.04. The Morgan fingerprint density at radius 1 is 1.14 bits per heavy atom. The van der Waals surface area contributed by atoms with Crippen LogP contribution in [0.15, 0.2) is 77.7 Å². The van der Waals surface area contributed by atoms with Crippen molar-refractivity contribution in [2.45, 2.75) is 38.9 Å². The van der Waals surface area contributed by atoms with E-state index in [0.717, 1.165) is 0 Å². The normalized spacial score (nSPS) is 15.9. The van der Waals surface area contributed by atoms with Crippen LogP contribution in [0, 0.1) is 17.6 Å². The van der Waals surface area contributed by atoms with E-state index in [4.69, 9.17) is 9.47 Å². The molecule has 2 N–H and O–H groups in total. The Balaban J connectivity index is 1.36. The number of aromatic nitrogens is 2. The van der Waals surface area contributed by atoms with E-state index in [1.807, 2.05) is 32.1 Å². The lowest BCUT2D eigenvalue weighted by atomic mass is 9.86. The van der Waals surface area contributed by atoms with Crippen LogP contribution in [0.2, 0.25) is 0 Å². The van der Waals surface area contributed by atoms with Crippen LogP contribution in [0.4, 0.5) is 20.3 Å². The van der Waals surface area contributed by atoms with Crippen molar-refractivity contribution < 1.29 is 26.7 Å². The van der Waals surface area contributed by atoms with Crippen LogP contribution in [0.5, 0.6) is 5.75 Å². The molecule has 1 aliphatic heterocycles. The molecule has 1 aliphatic rings. The van der Waals surface area contributed by atoms with Gasteiger partial charge in [0.05, 0.1) is 21.1 Å². The summed E-state index contributed by atoms with van der Waals surface area (Å²) >= 11 is 3.54. The van der Waals surface area contributed by atoms with E-state index in [1.165, 1.54) is 24.5 Å². The number of ether oxygens (including phenoxy) is 2. The molecule has 0 saturated heterocycles. The summed E-state index contributed by atoms with van der Waals surface area (Å²) in [5.74, 6) is 0.162. The molecule has 0 amide bonds. The topological polar surface area (TPSA) is 102 Å². The van der Waals surface area contributed by atoms with Crippen LogP contribution in [-0.2, 0) is 27.2 Å². The maximum atomic E-state index is 15.6. The zero-order chi connectivity index (χ0) is 31.3. The summed E-state index contributed by atoms with van der Waals surface area (Å²) in [6.07, 6.45) is 5.63. The van der Waals surface area contributed by atoms with Crippen LogP contribution in [0.3, 0.4) is 0 Å². The monoisotopic (exact) mass is 684 g/mol. The molecule has 1 unspecified atom stereocenters. The van der Waals surface area contributed by atoms with Gasteiger partial charge >= 0.3 is 0 Å². The van der Waals surface area contributed by atoms with E-state index in [-0.39, 0.29) is 24.9 Å². The Kier molecular flexibility index (Phi) is 9.92. The lowest BCUT2D eigenvalue weighted by molar-refractivity contribution is 0.0297. The molecule has 3 aromatic carbocycles.